The predicted octanol–water partition coefficient (Wildman–Crippen LogP) is 1.76. The Kier molecular flexibility index (Phi) is 6.62. The maximum absolute atomic E-state index is 13.4. The van der Waals surface area contributed by atoms with Gasteiger partial charge in [0.1, 0.15) is 0 Å². The summed E-state index contributed by atoms with van der Waals surface area (Å²) in [5.41, 5.74) is 8.63. The number of pyridine rings is 1. The number of rotatable bonds is 3. The number of aliphatic hydroxyl groups is 1. The molecule has 3 aliphatic rings. The molecule has 4 rings (SSSR count). The molecule has 2 aliphatic heterocycles. The maximum Gasteiger partial charge on any atom is 0.267 e. The van der Waals surface area contributed by atoms with Crippen LogP contribution < -0.4 is 5.73 Å². The molecule has 2 fully saturated rings. The van der Waals surface area contributed by atoms with Gasteiger partial charge < -0.3 is 15.7 Å². The largest absolute Gasteiger partial charge is 0.400 e. The fourth-order valence-corrected chi connectivity index (χ4v) is 4.65. The molecule has 3 N–H and O–H groups in total. The molecule has 3 heterocycles. The molecule has 0 bridgehead atoms. The summed E-state index contributed by atoms with van der Waals surface area (Å²) in [6, 6.07) is 3.95. The van der Waals surface area contributed by atoms with Gasteiger partial charge in [0, 0.05) is 45.4 Å². The molecule has 1 saturated heterocycles. The van der Waals surface area contributed by atoms with E-state index >= 15 is 0 Å². The number of halogens is 2. The Morgan fingerprint density at radius 1 is 1.29 bits per heavy atom. The number of hydrogen-bond donors (Lipinski definition) is 2. The third kappa shape index (κ3) is 4.50. The van der Waals surface area contributed by atoms with Crippen LogP contribution in [0.2, 0.25) is 0 Å². The number of amides is 1. The quantitative estimate of drug-likeness (QED) is 0.814. The van der Waals surface area contributed by atoms with Crippen LogP contribution in [-0.4, -0.2) is 64.0 Å². The molecule has 8 heteroatoms. The summed E-state index contributed by atoms with van der Waals surface area (Å²) in [5, 5.41) is 7.00. The van der Waals surface area contributed by atoms with E-state index in [1.165, 1.54) is 10.5 Å². The van der Waals surface area contributed by atoms with Crippen molar-refractivity contribution >= 4 is 5.91 Å². The highest BCUT2D eigenvalue weighted by atomic mass is 19.3. The zero-order valence-electron chi connectivity index (χ0n) is 16.4. The van der Waals surface area contributed by atoms with Gasteiger partial charge in [0.05, 0.1) is 18.3 Å². The van der Waals surface area contributed by atoms with E-state index < -0.39 is 18.5 Å². The molecule has 1 unspecified atom stereocenters. The Labute approximate surface area is 164 Å². The topological polar surface area (TPSA) is 82.7 Å². The van der Waals surface area contributed by atoms with Gasteiger partial charge in [-0.2, -0.15) is 0 Å². The third-order valence-electron chi connectivity index (χ3n) is 6.24. The molecular weight excluding hydrogens is 366 g/mol. The second-order valence-corrected chi connectivity index (χ2v) is 7.97. The van der Waals surface area contributed by atoms with Crippen LogP contribution in [0.1, 0.15) is 43.4 Å². The summed E-state index contributed by atoms with van der Waals surface area (Å²) < 4.78 is 26.7. The summed E-state index contributed by atoms with van der Waals surface area (Å²) in [5.74, 6) is -2.97. The summed E-state index contributed by atoms with van der Waals surface area (Å²) in [6.45, 7) is 1.47. The highest BCUT2D eigenvalue weighted by Crippen LogP contribution is 2.34. The molecule has 1 aromatic rings. The van der Waals surface area contributed by atoms with Gasteiger partial charge in [-0.15, -0.1) is 0 Å². The first-order valence-corrected chi connectivity index (χ1v) is 9.97. The van der Waals surface area contributed by atoms with E-state index in [0.29, 0.717) is 6.04 Å². The molecule has 0 radical (unpaired) electrons. The Balaban J connectivity index is 0.00000109. The Bertz CT molecular complexity index is 655. The third-order valence-corrected chi connectivity index (χ3v) is 6.24. The lowest BCUT2D eigenvalue weighted by Gasteiger charge is -2.36. The molecule has 1 amide bonds. The van der Waals surface area contributed by atoms with Crippen molar-refractivity contribution in [3.63, 3.8) is 0 Å². The first-order valence-electron chi connectivity index (χ1n) is 9.97. The normalized spacial score (nSPS) is 27.7. The molecule has 1 saturated carbocycles. The van der Waals surface area contributed by atoms with Crippen molar-refractivity contribution in [3.05, 3.63) is 29.6 Å². The number of aliphatic hydroxyl groups excluding tert-OH is 1. The molecule has 1 atom stereocenters. The summed E-state index contributed by atoms with van der Waals surface area (Å²) in [6.07, 6.45) is 5.34. The number of hydrogen-bond acceptors (Lipinski definition) is 5. The zero-order chi connectivity index (χ0) is 20.3. The second-order valence-electron chi connectivity index (χ2n) is 7.97. The lowest BCUT2D eigenvalue weighted by atomic mass is 9.81. The number of nitrogens with zero attached hydrogens (tertiary/aromatic N) is 3. The van der Waals surface area contributed by atoms with Crippen molar-refractivity contribution in [1.29, 1.82) is 0 Å². The molecule has 1 aliphatic carbocycles. The monoisotopic (exact) mass is 396 g/mol. The second kappa shape index (κ2) is 8.80. The van der Waals surface area contributed by atoms with E-state index in [9.17, 15) is 13.6 Å². The van der Waals surface area contributed by atoms with E-state index in [1.807, 2.05) is 12.3 Å². The fraction of sp³-hybridized carbons (Fsp3) is 0.700. The van der Waals surface area contributed by atoms with E-state index in [-0.39, 0.29) is 24.8 Å². The van der Waals surface area contributed by atoms with Gasteiger partial charge in [-0.3, -0.25) is 14.7 Å². The van der Waals surface area contributed by atoms with Crippen molar-refractivity contribution in [1.82, 2.24) is 14.8 Å². The highest BCUT2D eigenvalue weighted by molar-refractivity contribution is 5.82. The Hall–Kier alpha value is -1.64. The van der Waals surface area contributed by atoms with Gasteiger partial charge in [-0.05, 0) is 43.2 Å². The van der Waals surface area contributed by atoms with Gasteiger partial charge in [0.25, 0.3) is 5.92 Å². The molecule has 0 spiro atoms. The number of likely N-dealkylation sites (tertiary alicyclic amines) is 1. The first kappa shape index (κ1) is 21.1. The standard InChI is InChI=1S/C19H26F2N4O.CH4O/c20-19(21)7-9-24(12-19)18(26)17(22)13-3-5-15(6-4-13)25-10-14-2-1-8-23-16(14)11-25;1-2/h1-2,8,13,15,17H,3-7,9-12,22H2;2H,1H3. The lowest BCUT2D eigenvalue weighted by molar-refractivity contribution is -0.134. The zero-order valence-corrected chi connectivity index (χ0v) is 16.4. The van der Waals surface area contributed by atoms with E-state index in [0.717, 1.165) is 51.6 Å². The van der Waals surface area contributed by atoms with Crippen LogP contribution >= 0.6 is 0 Å². The lowest BCUT2D eigenvalue weighted by Crippen LogP contribution is -2.49. The smallest absolute Gasteiger partial charge is 0.267 e. The van der Waals surface area contributed by atoms with E-state index in [1.54, 1.807) is 0 Å². The predicted molar refractivity (Wildman–Crippen MR) is 101 cm³/mol. The SMILES string of the molecule is CO.NC(C(=O)N1CCC(F)(F)C1)C1CCC(N2Cc3cccnc3C2)CC1. The molecule has 156 valence electrons. The molecule has 1 aromatic heterocycles. The van der Waals surface area contributed by atoms with Crippen LogP contribution in [0.15, 0.2) is 18.3 Å². The first-order chi connectivity index (χ1) is 13.4. The number of nitrogens with two attached hydrogens (primary N) is 1. The van der Waals surface area contributed by atoms with Crippen molar-refractivity contribution in [2.75, 3.05) is 20.2 Å². The highest BCUT2D eigenvalue weighted by Gasteiger charge is 2.43. The molecule has 0 aromatic carbocycles. The molecular formula is C20H30F2N4O2. The van der Waals surface area contributed by atoms with Crippen molar-refractivity contribution in [3.8, 4) is 0 Å². The number of carbonyl (C=O) groups is 1. The molecule has 6 nitrogen and oxygen atoms in total. The van der Waals surface area contributed by atoms with Gasteiger partial charge in [-0.1, -0.05) is 6.07 Å². The van der Waals surface area contributed by atoms with Gasteiger partial charge in [0.2, 0.25) is 5.91 Å². The number of aromatic nitrogens is 1. The number of alkyl halides is 2. The maximum atomic E-state index is 13.4. The van der Waals surface area contributed by atoms with E-state index in [4.69, 9.17) is 10.8 Å². The van der Waals surface area contributed by atoms with E-state index in [2.05, 4.69) is 16.0 Å². The average Bonchev–Trinajstić information content (AvgIpc) is 3.31. The van der Waals surface area contributed by atoms with Gasteiger partial charge in [0.15, 0.2) is 0 Å². The minimum Gasteiger partial charge on any atom is -0.400 e. The van der Waals surface area contributed by atoms with Gasteiger partial charge in [-0.25, -0.2) is 8.78 Å². The minimum atomic E-state index is -2.76. The van der Waals surface area contributed by atoms with Crippen molar-refractivity contribution in [2.24, 2.45) is 11.7 Å². The number of fused-ring (bicyclic) bond motifs is 1. The van der Waals surface area contributed by atoms with Crippen LogP contribution in [0, 0.1) is 5.92 Å². The summed E-state index contributed by atoms with van der Waals surface area (Å²) in [4.78, 5) is 20.6. The van der Waals surface area contributed by atoms with Crippen LogP contribution in [0.4, 0.5) is 8.78 Å². The van der Waals surface area contributed by atoms with Crippen LogP contribution in [0.3, 0.4) is 0 Å². The summed E-state index contributed by atoms with van der Waals surface area (Å²) in [7, 11) is 1.00. The number of carbonyl (C=O) groups excluding carboxylic acids is 1. The van der Waals surface area contributed by atoms with Crippen molar-refractivity contribution in [2.45, 2.75) is 63.2 Å². The fourth-order valence-electron chi connectivity index (χ4n) is 4.65. The average molecular weight is 396 g/mol. The Morgan fingerprint density at radius 2 is 2.00 bits per heavy atom. The Morgan fingerprint density at radius 3 is 2.61 bits per heavy atom. The van der Waals surface area contributed by atoms with Crippen LogP contribution in [-0.2, 0) is 17.9 Å². The summed E-state index contributed by atoms with van der Waals surface area (Å²) >= 11 is 0. The molecule has 28 heavy (non-hydrogen) atoms. The van der Waals surface area contributed by atoms with Gasteiger partial charge >= 0.3 is 0 Å². The van der Waals surface area contributed by atoms with Crippen LogP contribution in [0.25, 0.3) is 0 Å². The van der Waals surface area contributed by atoms with Crippen LogP contribution in [0.5, 0.6) is 0 Å². The minimum absolute atomic E-state index is 0.0936. The van der Waals surface area contributed by atoms with Crippen molar-refractivity contribution < 1.29 is 18.7 Å².